The van der Waals surface area contributed by atoms with Crippen LogP contribution in [0.2, 0.25) is 0 Å². The van der Waals surface area contributed by atoms with Gasteiger partial charge >= 0.3 is 0 Å². The fourth-order valence-electron chi connectivity index (χ4n) is 6.60. The zero-order chi connectivity index (χ0) is 28.8. The number of ether oxygens (including phenoxy) is 1. The van der Waals surface area contributed by atoms with Crippen LogP contribution in [-0.2, 0) is 18.3 Å². The van der Waals surface area contributed by atoms with Gasteiger partial charge in [-0.3, -0.25) is 14.3 Å². The molecule has 0 aliphatic carbocycles. The highest BCUT2D eigenvalue weighted by molar-refractivity contribution is 5.87. The minimum atomic E-state index is -0.290. The second kappa shape index (κ2) is 11.0. The molecule has 4 aromatic rings. The maximum absolute atomic E-state index is 13.8. The second-order valence-electron chi connectivity index (χ2n) is 11.6. The zero-order valence-electron chi connectivity index (χ0n) is 24.1. The third kappa shape index (κ3) is 5.17. The van der Waals surface area contributed by atoms with E-state index >= 15 is 0 Å². The number of pyridine rings is 1. The summed E-state index contributed by atoms with van der Waals surface area (Å²) >= 11 is 0. The standard InChI is InChI=1S/C32H37F2N5O2/c1-20-18-38(31(23-7-11-25(33)12-8-23)24-9-13-26(34)14-10-24)21(2)17-37(20)28-16-29(40)36(4)32-30(28)35-22(3)39(32)19-27-6-5-15-41-27/h7-14,16,20-21,27,31H,5-6,15,17-19H2,1-4H3/t20-,21+,27-/m0/s1. The summed E-state index contributed by atoms with van der Waals surface area (Å²) in [6.07, 6.45) is 2.19. The van der Waals surface area contributed by atoms with Crippen molar-refractivity contribution in [3.8, 4) is 0 Å². The second-order valence-corrected chi connectivity index (χ2v) is 11.6. The van der Waals surface area contributed by atoms with Crippen LogP contribution in [0.3, 0.4) is 0 Å². The molecule has 9 heteroatoms. The smallest absolute Gasteiger partial charge is 0.254 e. The van der Waals surface area contributed by atoms with E-state index in [0.29, 0.717) is 19.6 Å². The summed E-state index contributed by atoms with van der Waals surface area (Å²) in [4.78, 5) is 22.9. The SMILES string of the molecule is Cc1nc2c(N3C[C@@H](C)N(C(c4ccc(F)cc4)c4ccc(F)cc4)C[C@@H]3C)cc(=O)n(C)c2n1C[C@@H]1CCCO1. The first-order valence-electron chi connectivity index (χ1n) is 14.4. The Labute approximate surface area is 239 Å². The number of nitrogens with zero attached hydrogens (tertiary/aromatic N) is 5. The minimum Gasteiger partial charge on any atom is -0.376 e. The largest absolute Gasteiger partial charge is 0.376 e. The number of hydrogen-bond acceptors (Lipinski definition) is 5. The quantitative estimate of drug-likeness (QED) is 0.324. The van der Waals surface area contributed by atoms with Crippen molar-refractivity contribution >= 4 is 16.9 Å². The van der Waals surface area contributed by atoms with Gasteiger partial charge in [-0.15, -0.1) is 0 Å². The van der Waals surface area contributed by atoms with Gasteiger partial charge < -0.3 is 14.2 Å². The summed E-state index contributed by atoms with van der Waals surface area (Å²) in [5, 5.41) is 0. The van der Waals surface area contributed by atoms with Crippen molar-refractivity contribution < 1.29 is 13.5 Å². The van der Waals surface area contributed by atoms with Crippen molar-refractivity contribution in [2.75, 3.05) is 24.6 Å². The van der Waals surface area contributed by atoms with Crippen LogP contribution >= 0.6 is 0 Å². The molecule has 216 valence electrons. The number of piperazine rings is 1. The lowest BCUT2D eigenvalue weighted by Crippen LogP contribution is -2.57. The van der Waals surface area contributed by atoms with Gasteiger partial charge in [-0.05, 0) is 69.0 Å². The highest BCUT2D eigenvalue weighted by atomic mass is 19.1. The Morgan fingerprint density at radius 3 is 2.20 bits per heavy atom. The molecule has 0 N–H and O–H groups in total. The number of hydrogen-bond donors (Lipinski definition) is 0. The summed E-state index contributed by atoms with van der Waals surface area (Å²) in [6.45, 7) is 9.12. The van der Waals surface area contributed by atoms with E-state index in [1.54, 1.807) is 34.9 Å². The Bertz CT molecular complexity index is 1550. The number of rotatable bonds is 6. The Balaban J connectivity index is 1.36. The molecule has 0 bridgehead atoms. The summed E-state index contributed by atoms with van der Waals surface area (Å²) in [7, 11) is 1.81. The highest BCUT2D eigenvalue weighted by Crippen LogP contribution is 2.36. The van der Waals surface area contributed by atoms with E-state index in [0.717, 1.165) is 53.3 Å². The van der Waals surface area contributed by atoms with E-state index < -0.39 is 0 Å². The number of anilines is 1. The third-order valence-corrected chi connectivity index (χ3v) is 8.74. The molecule has 7 nitrogen and oxygen atoms in total. The molecule has 2 fully saturated rings. The molecule has 2 aromatic carbocycles. The van der Waals surface area contributed by atoms with Crippen molar-refractivity contribution in [3.05, 3.63) is 93.5 Å². The molecule has 0 unspecified atom stereocenters. The molecule has 41 heavy (non-hydrogen) atoms. The maximum atomic E-state index is 13.8. The molecule has 0 radical (unpaired) electrons. The first kappa shape index (κ1) is 27.6. The van der Waals surface area contributed by atoms with E-state index in [4.69, 9.17) is 9.72 Å². The Morgan fingerprint density at radius 1 is 0.976 bits per heavy atom. The number of aromatic nitrogens is 3. The van der Waals surface area contributed by atoms with E-state index in [1.165, 1.54) is 24.3 Å². The fraction of sp³-hybridized carbons (Fsp3) is 0.438. The van der Waals surface area contributed by atoms with Gasteiger partial charge in [0.1, 0.15) is 28.6 Å². The fourth-order valence-corrected chi connectivity index (χ4v) is 6.60. The molecule has 0 amide bonds. The summed E-state index contributed by atoms with van der Waals surface area (Å²) in [5.74, 6) is 0.286. The number of fused-ring (bicyclic) bond motifs is 1. The monoisotopic (exact) mass is 561 g/mol. The van der Waals surface area contributed by atoms with Gasteiger partial charge in [-0.25, -0.2) is 13.8 Å². The van der Waals surface area contributed by atoms with Crippen molar-refractivity contribution in [2.45, 2.75) is 64.4 Å². The average Bonchev–Trinajstić information content (AvgIpc) is 3.58. The molecule has 6 rings (SSSR count). The van der Waals surface area contributed by atoms with Crippen LogP contribution in [0.5, 0.6) is 0 Å². The number of imidazole rings is 1. The lowest BCUT2D eigenvalue weighted by molar-refractivity contribution is 0.0972. The van der Waals surface area contributed by atoms with Crippen LogP contribution in [0.1, 0.15) is 49.7 Å². The lowest BCUT2D eigenvalue weighted by Gasteiger charge is -2.48. The van der Waals surface area contributed by atoms with Gasteiger partial charge in [0.25, 0.3) is 5.56 Å². The van der Waals surface area contributed by atoms with Crippen molar-refractivity contribution in [1.82, 2.24) is 19.0 Å². The molecule has 4 heterocycles. The molecular formula is C32H37F2N5O2. The predicted octanol–water partition coefficient (Wildman–Crippen LogP) is 5.19. The maximum Gasteiger partial charge on any atom is 0.254 e. The van der Waals surface area contributed by atoms with Gasteiger partial charge in [-0.2, -0.15) is 0 Å². The molecule has 0 saturated carbocycles. The first-order valence-corrected chi connectivity index (χ1v) is 14.4. The van der Waals surface area contributed by atoms with E-state index in [9.17, 15) is 13.6 Å². The summed E-state index contributed by atoms with van der Waals surface area (Å²) < 4.78 is 37.4. The molecule has 3 atom stereocenters. The average molecular weight is 562 g/mol. The zero-order valence-corrected chi connectivity index (χ0v) is 24.1. The third-order valence-electron chi connectivity index (χ3n) is 8.74. The number of benzene rings is 2. The molecule has 2 aliphatic rings. The van der Waals surface area contributed by atoms with Gasteiger partial charge in [0, 0.05) is 44.9 Å². The van der Waals surface area contributed by atoms with E-state index in [2.05, 4.69) is 28.2 Å². The molecule has 2 saturated heterocycles. The Kier molecular flexibility index (Phi) is 7.42. The first-order chi connectivity index (χ1) is 19.7. The normalized spacial score (nSPS) is 21.8. The van der Waals surface area contributed by atoms with E-state index in [-0.39, 0.29) is 41.4 Å². The molecular weight excluding hydrogens is 524 g/mol. The van der Waals surface area contributed by atoms with Gasteiger partial charge in [0.15, 0.2) is 0 Å². The lowest BCUT2D eigenvalue weighted by atomic mass is 9.93. The van der Waals surface area contributed by atoms with Crippen LogP contribution < -0.4 is 10.5 Å². The Hall–Kier alpha value is -3.56. The molecule has 2 aliphatic heterocycles. The van der Waals surface area contributed by atoms with Crippen LogP contribution in [0.4, 0.5) is 14.5 Å². The van der Waals surface area contributed by atoms with Crippen molar-refractivity contribution in [3.63, 3.8) is 0 Å². The van der Waals surface area contributed by atoms with Crippen LogP contribution in [0, 0.1) is 18.6 Å². The van der Waals surface area contributed by atoms with E-state index in [1.807, 2.05) is 14.0 Å². The molecule has 0 spiro atoms. The highest BCUT2D eigenvalue weighted by Gasteiger charge is 2.36. The summed E-state index contributed by atoms with van der Waals surface area (Å²) in [5.41, 5.74) is 4.31. The summed E-state index contributed by atoms with van der Waals surface area (Å²) in [6, 6.07) is 14.8. The predicted molar refractivity (Wildman–Crippen MR) is 156 cm³/mol. The topological polar surface area (TPSA) is 55.5 Å². The molecule has 2 aromatic heterocycles. The van der Waals surface area contributed by atoms with Crippen molar-refractivity contribution in [2.24, 2.45) is 7.05 Å². The number of aryl methyl sites for hydroxylation is 2. The van der Waals surface area contributed by atoms with Crippen molar-refractivity contribution in [1.29, 1.82) is 0 Å². The van der Waals surface area contributed by atoms with Gasteiger partial charge in [0.2, 0.25) is 0 Å². The number of halogens is 2. The van der Waals surface area contributed by atoms with Gasteiger partial charge in [0.05, 0.1) is 24.4 Å². The Morgan fingerprint density at radius 2 is 1.61 bits per heavy atom. The van der Waals surface area contributed by atoms with Crippen LogP contribution in [0.15, 0.2) is 59.4 Å². The van der Waals surface area contributed by atoms with Crippen LogP contribution in [0.25, 0.3) is 11.2 Å². The minimum absolute atomic E-state index is 0.0496. The van der Waals surface area contributed by atoms with Crippen LogP contribution in [-0.4, -0.2) is 56.9 Å². The van der Waals surface area contributed by atoms with Gasteiger partial charge in [-0.1, -0.05) is 24.3 Å².